The van der Waals surface area contributed by atoms with Gasteiger partial charge in [-0.25, -0.2) is 0 Å². The molecular formula is C24H21NO5S. The van der Waals surface area contributed by atoms with E-state index in [9.17, 15) is 19.8 Å². The van der Waals surface area contributed by atoms with E-state index in [-0.39, 0.29) is 29.4 Å². The maximum absolute atomic E-state index is 13.0. The standard InChI is InChI=1S/C24H21NO5S/c1-2-30-19-13-16(10-11-18(19)26)21-20(22(27)15-7-4-3-5-8-15)23(28)24(29)25(21)14-17-9-6-12-31-17/h3-13,21,26-27H,2,14H2,1H3/b22-20-. The van der Waals surface area contributed by atoms with Crippen LogP contribution in [-0.2, 0) is 16.1 Å². The molecule has 1 aliphatic heterocycles. The number of phenolic OH excluding ortho intramolecular Hbond substituents is 1. The average Bonchev–Trinajstić information content (AvgIpc) is 3.38. The van der Waals surface area contributed by atoms with Crippen molar-refractivity contribution in [3.63, 3.8) is 0 Å². The van der Waals surface area contributed by atoms with E-state index < -0.39 is 17.7 Å². The number of nitrogens with zero attached hydrogens (tertiary/aromatic N) is 1. The Morgan fingerprint density at radius 3 is 2.55 bits per heavy atom. The number of carbonyl (C=O) groups excluding carboxylic acids is 2. The van der Waals surface area contributed by atoms with Crippen molar-refractivity contribution in [1.29, 1.82) is 0 Å². The molecule has 0 saturated carbocycles. The second-order valence-electron chi connectivity index (χ2n) is 7.03. The van der Waals surface area contributed by atoms with Crippen molar-refractivity contribution in [2.75, 3.05) is 6.61 Å². The number of ether oxygens (including phenoxy) is 1. The highest BCUT2D eigenvalue weighted by Gasteiger charge is 2.46. The Morgan fingerprint density at radius 1 is 1.10 bits per heavy atom. The smallest absolute Gasteiger partial charge is 0.295 e. The highest BCUT2D eigenvalue weighted by atomic mass is 32.1. The molecule has 1 fully saturated rings. The average molecular weight is 436 g/mol. The maximum Gasteiger partial charge on any atom is 0.295 e. The predicted octanol–water partition coefficient (Wildman–Crippen LogP) is 4.47. The summed E-state index contributed by atoms with van der Waals surface area (Å²) >= 11 is 1.48. The Labute approximate surface area is 183 Å². The van der Waals surface area contributed by atoms with Crippen molar-refractivity contribution >= 4 is 28.8 Å². The number of amides is 1. The van der Waals surface area contributed by atoms with Gasteiger partial charge in [0.25, 0.3) is 11.7 Å². The molecule has 1 unspecified atom stereocenters. The number of carbonyl (C=O) groups is 2. The van der Waals surface area contributed by atoms with Crippen LogP contribution >= 0.6 is 11.3 Å². The quantitative estimate of drug-likeness (QED) is 0.339. The SMILES string of the molecule is CCOc1cc(C2/C(=C(/O)c3ccccc3)C(=O)C(=O)N2Cc2cccs2)ccc1O. The van der Waals surface area contributed by atoms with E-state index in [4.69, 9.17) is 4.74 Å². The third-order valence-electron chi connectivity index (χ3n) is 5.09. The largest absolute Gasteiger partial charge is 0.507 e. The van der Waals surface area contributed by atoms with Gasteiger partial charge in [0.2, 0.25) is 0 Å². The summed E-state index contributed by atoms with van der Waals surface area (Å²) in [6.45, 7) is 2.37. The lowest BCUT2D eigenvalue weighted by molar-refractivity contribution is -0.140. The number of hydrogen-bond acceptors (Lipinski definition) is 6. The molecule has 1 aromatic heterocycles. The molecule has 0 radical (unpaired) electrons. The zero-order valence-corrected chi connectivity index (χ0v) is 17.6. The predicted molar refractivity (Wildman–Crippen MR) is 118 cm³/mol. The van der Waals surface area contributed by atoms with Crippen molar-refractivity contribution in [2.45, 2.75) is 19.5 Å². The van der Waals surface area contributed by atoms with E-state index in [1.54, 1.807) is 49.4 Å². The van der Waals surface area contributed by atoms with Crippen LogP contribution < -0.4 is 4.74 Å². The van der Waals surface area contributed by atoms with Crippen LogP contribution in [0.3, 0.4) is 0 Å². The lowest BCUT2D eigenvalue weighted by atomic mass is 9.95. The number of benzene rings is 2. The molecule has 2 heterocycles. The topological polar surface area (TPSA) is 87.1 Å². The molecule has 2 N–H and O–H groups in total. The van der Waals surface area contributed by atoms with Gasteiger partial charge in [-0.05, 0) is 36.1 Å². The van der Waals surface area contributed by atoms with Gasteiger partial charge in [0.1, 0.15) is 5.76 Å². The second-order valence-corrected chi connectivity index (χ2v) is 8.06. The first-order valence-corrected chi connectivity index (χ1v) is 10.7. The van der Waals surface area contributed by atoms with Gasteiger partial charge in [-0.15, -0.1) is 11.3 Å². The third kappa shape index (κ3) is 3.92. The first-order valence-electron chi connectivity index (χ1n) is 9.83. The Kier molecular flexibility index (Phi) is 5.77. The summed E-state index contributed by atoms with van der Waals surface area (Å²) in [7, 11) is 0. The fourth-order valence-corrected chi connectivity index (χ4v) is 4.39. The zero-order valence-electron chi connectivity index (χ0n) is 16.8. The van der Waals surface area contributed by atoms with Crippen LogP contribution in [0.2, 0.25) is 0 Å². The van der Waals surface area contributed by atoms with Crippen LogP contribution in [0.25, 0.3) is 5.76 Å². The minimum Gasteiger partial charge on any atom is -0.507 e. The summed E-state index contributed by atoms with van der Waals surface area (Å²) in [5, 5.41) is 23.0. The van der Waals surface area contributed by atoms with Crippen LogP contribution in [0.4, 0.5) is 0 Å². The van der Waals surface area contributed by atoms with Gasteiger partial charge >= 0.3 is 0 Å². The number of aliphatic hydroxyl groups excluding tert-OH is 1. The van der Waals surface area contributed by atoms with Crippen molar-refractivity contribution in [3.8, 4) is 11.5 Å². The summed E-state index contributed by atoms with van der Waals surface area (Å²) in [6.07, 6.45) is 0. The van der Waals surface area contributed by atoms with Gasteiger partial charge in [-0.2, -0.15) is 0 Å². The summed E-state index contributed by atoms with van der Waals surface area (Å²) in [6, 6.07) is 16.3. The number of aliphatic hydroxyl groups is 1. The molecule has 0 spiro atoms. The lowest BCUT2D eigenvalue weighted by Gasteiger charge is -2.25. The van der Waals surface area contributed by atoms with Gasteiger partial charge in [0, 0.05) is 10.4 Å². The van der Waals surface area contributed by atoms with Gasteiger partial charge in [-0.1, -0.05) is 42.5 Å². The highest BCUT2D eigenvalue weighted by molar-refractivity contribution is 7.09. The second kappa shape index (κ2) is 8.65. The van der Waals surface area contributed by atoms with Crippen LogP contribution in [0.5, 0.6) is 11.5 Å². The maximum atomic E-state index is 13.0. The number of hydrogen-bond donors (Lipinski definition) is 2. The minimum absolute atomic E-state index is 0.0147. The molecule has 3 aromatic rings. The third-order valence-corrected chi connectivity index (χ3v) is 5.95. The number of aromatic hydroxyl groups is 1. The van der Waals surface area contributed by atoms with Crippen molar-refractivity contribution in [3.05, 3.63) is 87.6 Å². The Bertz CT molecular complexity index is 1140. The van der Waals surface area contributed by atoms with Crippen LogP contribution in [0, 0.1) is 0 Å². The molecule has 1 atom stereocenters. The minimum atomic E-state index is -0.817. The van der Waals surface area contributed by atoms with Crippen LogP contribution in [0.1, 0.15) is 29.0 Å². The Hall–Kier alpha value is -3.58. The number of rotatable bonds is 6. The normalized spacial score (nSPS) is 17.8. The number of likely N-dealkylation sites (tertiary alicyclic amines) is 1. The summed E-state index contributed by atoms with van der Waals surface area (Å²) in [5.41, 5.74) is 1.03. The highest BCUT2D eigenvalue weighted by Crippen LogP contribution is 2.42. The molecule has 158 valence electrons. The van der Waals surface area contributed by atoms with Crippen LogP contribution in [-0.4, -0.2) is 33.4 Å². The summed E-state index contributed by atoms with van der Waals surface area (Å²) < 4.78 is 5.50. The molecule has 1 aliphatic rings. The first kappa shape index (κ1) is 20.7. The Morgan fingerprint density at radius 2 is 1.87 bits per heavy atom. The molecule has 2 aromatic carbocycles. The van der Waals surface area contributed by atoms with Crippen LogP contribution in [0.15, 0.2) is 71.6 Å². The van der Waals surface area contributed by atoms with E-state index in [0.29, 0.717) is 17.7 Å². The van der Waals surface area contributed by atoms with Gasteiger partial charge in [0.05, 0.1) is 24.8 Å². The molecule has 1 amide bonds. The summed E-state index contributed by atoms with van der Waals surface area (Å²) in [5.74, 6) is -1.44. The molecule has 1 saturated heterocycles. The van der Waals surface area contributed by atoms with Gasteiger partial charge < -0.3 is 19.8 Å². The number of phenols is 1. The van der Waals surface area contributed by atoms with Gasteiger partial charge in [0.15, 0.2) is 11.5 Å². The number of Topliss-reactive ketones (excluding diaryl/α,β-unsaturated/α-hetero) is 1. The molecule has 7 heteroatoms. The zero-order chi connectivity index (χ0) is 22.0. The summed E-state index contributed by atoms with van der Waals surface area (Å²) in [4.78, 5) is 28.4. The molecular weight excluding hydrogens is 414 g/mol. The molecule has 6 nitrogen and oxygen atoms in total. The lowest BCUT2D eigenvalue weighted by Crippen LogP contribution is -2.28. The fourth-order valence-electron chi connectivity index (χ4n) is 3.68. The van der Waals surface area contributed by atoms with Crippen molar-refractivity contribution < 1.29 is 24.5 Å². The van der Waals surface area contributed by atoms with Crippen molar-refractivity contribution in [2.24, 2.45) is 0 Å². The molecule has 0 aliphatic carbocycles. The fraction of sp³-hybridized carbons (Fsp3) is 0.167. The number of ketones is 1. The Balaban J connectivity index is 1.88. The van der Waals surface area contributed by atoms with E-state index in [1.165, 1.54) is 22.3 Å². The monoisotopic (exact) mass is 435 g/mol. The van der Waals surface area contributed by atoms with E-state index in [2.05, 4.69) is 0 Å². The number of thiophene rings is 1. The molecule has 0 bridgehead atoms. The van der Waals surface area contributed by atoms with E-state index >= 15 is 0 Å². The van der Waals surface area contributed by atoms with Gasteiger partial charge in [-0.3, -0.25) is 9.59 Å². The van der Waals surface area contributed by atoms with E-state index in [1.807, 2.05) is 17.5 Å². The van der Waals surface area contributed by atoms with Crippen molar-refractivity contribution in [1.82, 2.24) is 4.90 Å². The molecule has 4 rings (SSSR count). The molecule has 31 heavy (non-hydrogen) atoms. The first-order chi connectivity index (χ1) is 15.0. The van der Waals surface area contributed by atoms with E-state index in [0.717, 1.165) is 4.88 Å².